The van der Waals surface area contributed by atoms with Gasteiger partial charge in [-0.3, -0.25) is 0 Å². The third kappa shape index (κ3) is 9.77. The number of allylic oxidation sites excluding steroid dienone is 1. The van der Waals surface area contributed by atoms with Gasteiger partial charge in [-0.2, -0.15) is 0 Å². The van der Waals surface area contributed by atoms with Gasteiger partial charge in [-0.15, -0.1) is 0 Å². The van der Waals surface area contributed by atoms with Crippen LogP contribution in [0, 0.1) is 5.92 Å². The zero-order valence-electron chi connectivity index (χ0n) is 15.6. The first-order chi connectivity index (χ1) is 10.9. The van der Waals surface area contributed by atoms with Gasteiger partial charge in [0.2, 0.25) is 0 Å². The van der Waals surface area contributed by atoms with E-state index in [9.17, 15) is 15.0 Å². The van der Waals surface area contributed by atoms with E-state index in [1.165, 1.54) is 0 Å². The number of carboxylic acids is 1. The number of hydrogen-bond acceptors (Lipinski definition) is 3. The van der Waals surface area contributed by atoms with E-state index in [1.54, 1.807) is 6.92 Å². The second-order valence-electron chi connectivity index (χ2n) is 6.85. The van der Waals surface area contributed by atoms with Gasteiger partial charge in [-0.25, -0.2) is 0 Å². The fourth-order valence-corrected chi connectivity index (χ4v) is 3.20. The Morgan fingerprint density at radius 2 is 1.70 bits per heavy atom. The second kappa shape index (κ2) is 12.5. The van der Waals surface area contributed by atoms with Crippen molar-refractivity contribution in [1.82, 2.24) is 0 Å². The monoisotopic (exact) mass is 327 g/mol. The van der Waals surface area contributed by atoms with Crippen LogP contribution in [0.4, 0.5) is 0 Å². The van der Waals surface area contributed by atoms with Crippen LogP contribution < -0.4 is 5.11 Å². The van der Waals surface area contributed by atoms with Crippen LogP contribution in [0.5, 0.6) is 0 Å². The molecule has 2 atom stereocenters. The lowest BCUT2D eigenvalue weighted by molar-refractivity contribution is -0.931. The van der Waals surface area contributed by atoms with E-state index in [4.69, 9.17) is 0 Å². The van der Waals surface area contributed by atoms with Crippen molar-refractivity contribution in [1.29, 1.82) is 0 Å². The van der Waals surface area contributed by atoms with E-state index in [1.807, 2.05) is 0 Å². The largest absolute Gasteiger partial charge is 0.550 e. The maximum absolute atomic E-state index is 11.0. The van der Waals surface area contributed by atoms with E-state index in [0.717, 1.165) is 49.8 Å². The van der Waals surface area contributed by atoms with Crippen molar-refractivity contribution < 1.29 is 19.5 Å². The Bertz CT molecular complexity index is 336. The third-order valence-corrected chi connectivity index (χ3v) is 4.46. The molecule has 0 aromatic rings. The molecule has 0 radical (unpaired) electrons. The minimum atomic E-state index is -0.973. The maximum Gasteiger partial charge on any atom is 0.106 e. The van der Waals surface area contributed by atoms with Crippen molar-refractivity contribution in [2.24, 2.45) is 5.92 Å². The number of carbonyl (C=O) groups excluding carboxylic acids is 1. The molecule has 4 nitrogen and oxygen atoms in total. The molecule has 0 aliphatic rings. The zero-order valence-corrected chi connectivity index (χ0v) is 15.6. The number of aliphatic hydroxyl groups excluding tert-OH is 1. The van der Waals surface area contributed by atoms with Crippen molar-refractivity contribution in [2.45, 2.75) is 72.3 Å². The zero-order chi connectivity index (χ0) is 17.7. The number of aliphatic hydroxyl groups is 1. The first-order valence-electron chi connectivity index (χ1n) is 9.29. The van der Waals surface area contributed by atoms with Gasteiger partial charge in [0, 0.05) is 18.3 Å². The first kappa shape index (κ1) is 22.1. The molecule has 0 fully saturated rings. The molecule has 0 amide bonds. The summed E-state index contributed by atoms with van der Waals surface area (Å²) in [6.07, 6.45) is 9.40. The SMILES string of the molecule is CCC/C=C/CC(O)C[N+](CCC)(CCC)CCC(C)C(=O)[O-]. The van der Waals surface area contributed by atoms with Crippen LogP contribution in [0.3, 0.4) is 0 Å². The van der Waals surface area contributed by atoms with E-state index < -0.39 is 11.9 Å². The number of quaternary nitrogens is 1. The highest BCUT2D eigenvalue weighted by Gasteiger charge is 2.29. The molecular weight excluding hydrogens is 290 g/mol. The molecule has 0 saturated carbocycles. The average Bonchev–Trinajstić information content (AvgIpc) is 2.49. The molecule has 0 spiro atoms. The molecule has 0 aromatic heterocycles. The summed E-state index contributed by atoms with van der Waals surface area (Å²) in [5, 5.41) is 21.4. The summed E-state index contributed by atoms with van der Waals surface area (Å²) in [6, 6.07) is 0. The first-order valence-corrected chi connectivity index (χ1v) is 9.29. The van der Waals surface area contributed by atoms with Crippen molar-refractivity contribution in [3.05, 3.63) is 12.2 Å². The number of carbonyl (C=O) groups is 1. The summed E-state index contributed by atoms with van der Waals surface area (Å²) >= 11 is 0. The van der Waals surface area contributed by atoms with Crippen LogP contribution in [-0.4, -0.2) is 47.8 Å². The van der Waals surface area contributed by atoms with Gasteiger partial charge in [-0.05, 0) is 25.7 Å². The van der Waals surface area contributed by atoms with Crippen molar-refractivity contribution in [3.63, 3.8) is 0 Å². The van der Waals surface area contributed by atoms with Crippen molar-refractivity contribution in [3.8, 4) is 0 Å². The van der Waals surface area contributed by atoms with Crippen LogP contribution in [0.15, 0.2) is 12.2 Å². The quantitative estimate of drug-likeness (QED) is 0.394. The molecule has 0 heterocycles. The van der Waals surface area contributed by atoms with Gasteiger partial charge in [0.1, 0.15) is 12.6 Å². The Kier molecular flexibility index (Phi) is 12.1. The molecule has 0 rings (SSSR count). The lowest BCUT2D eigenvalue weighted by Gasteiger charge is -2.40. The van der Waals surface area contributed by atoms with Crippen molar-refractivity contribution >= 4 is 5.97 Å². The van der Waals surface area contributed by atoms with Crippen LogP contribution in [0.25, 0.3) is 0 Å². The molecule has 0 bridgehead atoms. The Morgan fingerprint density at radius 1 is 1.09 bits per heavy atom. The number of nitrogens with zero attached hydrogens (tertiary/aromatic N) is 1. The summed E-state index contributed by atoms with van der Waals surface area (Å²) < 4.78 is 0.813. The summed E-state index contributed by atoms with van der Waals surface area (Å²) in [5.41, 5.74) is 0. The van der Waals surface area contributed by atoms with Gasteiger partial charge in [-0.1, -0.05) is 46.3 Å². The minimum Gasteiger partial charge on any atom is -0.550 e. The molecule has 1 N–H and O–H groups in total. The molecule has 0 aliphatic heterocycles. The molecule has 136 valence electrons. The molecule has 23 heavy (non-hydrogen) atoms. The number of unbranched alkanes of at least 4 members (excludes halogenated alkanes) is 1. The van der Waals surface area contributed by atoms with Gasteiger partial charge >= 0.3 is 0 Å². The highest BCUT2D eigenvalue weighted by molar-refractivity contribution is 5.66. The standard InChI is InChI=1S/C19H37NO3/c1-5-8-9-10-11-18(21)16-20(13-6-2,14-7-3)15-12-17(4)19(22)23/h9-10,17-18,21H,5-8,11-16H2,1-4H3/b10-9+. The van der Waals surface area contributed by atoms with E-state index in [2.05, 4.69) is 32.9 Å². The summed E-state index contributed by atoms with van der Waals surface area (Å²) in [6.45, 7) is 11.6. The fraction of sp³-hybridized carbons (Fsp3) is 0.842. The van der Waals surface area contributed by atoms with E-state index >= 15 is 0 Å². The predicted octanol–water partition coefficient (Wildman–Crippen LogP) is 2.51. The number of rotatable bonds is 14. The highest BCUT2D eigenvalue weighted by atomic mass is 16.4. The Balaban J connectivity index is 4.77. The van der Waals surface area contributed by atoms with Crippen LogP contribution in [0.2, 0.25) is 0 Å². The molecule has 4 heteroatoms. The lowest BCUT2D eigenvalue weighted by Crippen LogP contribution is -2.54. The van der Waals surface area contributed by atoms with Gasteiger partial charge in [0.05, 0.1) is 19.6 Å². The maximum atomic E-state index is 11.0. The molecule has 2 unspecified atom stereocenters. The van der Waals surface area contributed by atoms with Crippen LogP contribution in [0.1, 0.15) is 66.2 Å². The normalized spacial score (nSPS) is 15.0. The Hall–Kier alpha value is -0.870. The average molecular weight is 328 g/mol. The molecular formula is C19H37NO3. The van der Waals surface area contributed by atoms with Crippen LogP contribution in [-0.2, 0) is 4.79 Å². The Morgan fingerprint density at radius 3 is 2.17 bits per heavy atom. The van der Waals surface area contributed by atoms with Gasteiger partial charge < -0.3 is 19.5 Å². The summed E-state index contributed by atoms with van der Waals surface area (Å²) in [4.78, 5) is 11.0. The number of hydrogen-bond donors (Lipinski definition) is 1. The van der Waals surface area contributed by atoms with Crippen LogP contribution >= 0.6 is 0 Å². The van der Waals surface area contributed by atoms with Gasteiger partial charge in [0.15, 0.2) is 0 Å². The number of aliphatic carboxylic acids is 1. The predicted molar refractivity (Wildman–Crippen MR) is 93.8 cm³/mol. The fourth-order valence-electron chi connectivity index (χ4n) is 3.20. The van der Waals surface area contributed by atoms with Crippen molar-refractivity contribution in [2.75, 3.05) is 26.2 Å². The minimum absolute atomic E-state index is 0.362. The topological polar surface area (TPSA) is 60.4 Å². The third-order valence-electron chi connectivity index (χ3n) is 4.46. The molecule has 0 saturated heterocycles. The van der Waals surface area contributed by atoms with E-state index in [0.29, 0.717) is 19.4 Å². The smallest absolute Gasteiger partial charge is 0.106 e. The highest BCUT2D eigenvalue weighted by Crippen LogP contribution is 2.17. The molecule has 0 aromatic carbocycles. The lowest BCUT2D eigenvalue weighted by atomic mass is 10.1. The van der Waals surface area contributed by atoms with E-state index in [-0.39, 0.29) is 6.10 Å². The number of carboxylic acid groups (broad SMARTS) is 1. The van der Waals surface area contributed by atoms with Gasteiger partial charge in [0.25, 0.3) is 0 Å². The Labute approximate surface area is 142 Å². The molecule has 0 aliphatic carbocycles. The summed E-state index contributed by atoms with van der Waals surface area (Å²) in [5.74, 6) is -1.40. The second-order valence-corrected chi connectivity index (χ2v) is 6.85. The summed E-state index contributed by atoms with van der Waals surface area (Å²) in [7, 11) is 0.